The van der Waals surface area contributed by atoms with Crippen molar-refractivity contribution in [3.05, 3.63) is 6.33 Å². The van der Waals surface area contributed by atoms with Crippen LogP contribution in [0.2, 0.25) is 0 Å². The third-order valence-corrected chi connectivity index (χ3v) is 4.79. The topological polar surface area (TPSA) is 96.7 Å². The highest BCUT2D eigenvalue weighted by atomic mass is 16.6. The minimum atomic E-state index is -0.232. The van der Waals surface area contributed by atoms with Crippen molar-refractivity contribution in [2.24, 2.45) is 0 Å². The summed E-state index contributed by atoms with van der Waals surface area (Å²) in [5, 5.41) is 10.9. The van der Waals surface area contributed by atoms with Gasteiger partial charge in [0.15, 0.2) is 0 Å². The summed E-state index contributed by atoms with van der Waals surface area (Å²) in [6.07, 6.45) is 3.29. The molecule has 0 bridgehead atoms. The van der Waals surface area contributed by atoms with E-state index in [1.165, 1.54) is 11.0 Å². The van der Waals surface area contributed by atoms with Gasteiger partial charge in [-0.05, 0) is 30.2 Å². The maximum atomic E-state index is 12.4. The molecule has 1 aromatic rings. The monoisotopic (exact) mass is 351 g/mol. The van der Waals surface area contributed by atoms with Crippen LogP contribution in [0, 0.1) is 0 Å². The maximum Gasteiger partial charge on any atom is 0.409 e. The Morgan fingerprint density at radius 2 is 1.96 bits per heavy atom. The lowest BCUT2D eigenvalue weighted by Crippen LogP contribution is -2.56. The number of nitrogens with zero attached hydrogens (tertiary/aromatic N) is 7. The number of hydrogen-bond acceptors (Lipinski definition) is 7. The Kier molecular flexibility index (Phi) is 5.79. The second-order valence-corrected chi connectivity index (χ2v) is 6.37. The third kappa shape index (κ3) is 4.44. The molecule has 3 heterocycles. The van der Waals surface area contributed by atoms with Gasteiger partial charge in [0.05, 0.1) is 6.61 Å². The molecule has 0 radical (unpaired) electrons. The molecule has 25 heavy (non-hydrogen) atoms. The van der Waals surface area contributed by atoms with Crippen molar-refractivity contribution in [1.29, 1.82) is 0 Å². The Labute approximate surface area is 146 Å². The molecule has 1 unspecified atom stereocenters. The summed E-state index contributed by atoms with van der Waals surface area (Å²) < 4.78 is 6.51. The van der Waals surface area contributed by atoms with Gasteiger partial charge in [-0.25, -0.2) is 9.48 Å². The number of piperidine rings is 1. The van der Waals surface area contributed by atoms with Crippen LogP contribution in [0.1, 0.15) is 19.8 Å². The molecule has 1 aromatic heterocycles. The molecule has 0 spiro atoms. The molecule has 2 fully saturated rings. The van der Waals surface area contributed by atoms with E-state index in [4.69, 9.17) is 4.74 Å². The Balaban J connectivity index is 1.48. The van der Waals surface area contributed by atoms with Gasteiger partial charge in [-0.2, -0.15) is 0 Å². The molecule has 0 aliphatic carbocycles. The van der Waals surface area contributed by atoms with E-state index in [-0.39, 0.29) is 18.5 Å². The van der Waals surface area contributed by atoms with Crippen LogP contribution in [0.25, 0.3) is 0 Å². The normalized spacial score (nSPS) is 22.0. The number of carbonyl (C=O) groups is 2. The van der Waals surface area contributed by atoms with Gasteiger partial charge >= 0.3 is 6.09 Å². The number of tetrazole rings is 1. The van der Waals surface area contributed by atoms with Crippen LogP contribution in [0.5, 0.6) is 0 Å². The quantitative estimate of drug-likeness (QED) is 0.717. The largest absolute Gasteiger partial charge is 0.450 e. The van der Waals surface area contributed by atoms with Crippen LogP contribution in [0.3, 0.4) is 0 Å². The number of ether oxygens (including phenoxy) is 1. The number of likely N-dealkylation sites (tertiary alicyclic amines) is 1. The van der Waals surface area contributed by atoms with Gasteiger partial charge in [-0.1, -0.05) is 0 Å². The first-order valence-corrected chi connectivity index (χ1v) is 8.81. The van der Waals surface area contributed by atoms with Crippen molar-refractivity contribution < 1.29 is 14.3 Å². The zero-order valence-electron chi connectivity index (χ0n) is 14.6. The second kappa shape index (κ2) is 8.24. The molecule has 0 saturated carbocycles. The summed E-state index contributed by atoms with van der Waals surface area (Å²) in [5.41, 5.74) is 0. The molecular formula is C15H25N7O3. The molecule has 2 aliphatic rings. The maximum absolute atomic E-state index is 12.4. The molecule has 0 N–H and O–H groups in total. The van der Waals surface area contributed by atoms with Crippen LogP contribution < -0.4 is 0 Å². The van der Waals surface area contributed by atoms with Gasteiger partial charge in [0.1, 0.15) is 12.9 Å². The second-order valence-electron chi connectivity index (χ2n) is 6.37. The first-order valence-electron chi connectivity index (χ1n) is 8.81. The summed E-state index contributed by atoms with van der Waals surface area (Å²) in [7, 11) is 0. The summed E-state index contributed by atoms with van der Waals surface area (Å²) >= 11 is 0. The minimum Gasteiger partial charge on any atom is -0.450 e. The molecule has 138 valence electrons. The van der Waals surface area contributed by atoms with Crippen LogP contribution in [-0.4, -0.2) is 98.8 Å². The van der Waals surface area contributed by atoms with Gasteiger partial charge in [0.2, 0.25) is 5.91 Å². The molecule has 0 aromatic carbocycles. The summed E-state index contributed by atoms with van der Waals surface area (Å²) in [6.45, 7) is 6.88. The van der Waals surface area contributed by atoms with E-state index < -0.39 is 0 Å². The third-order valence-electron chi connectivity index (χ3n) is 4.79. The van der Waals surface area contributed by atoms with E-state index in [1.807, 2.05) is 11.8 Å². The molecular weight excluding hydrogens is 326 g/mol. The van der Waals surface area contributed by atoms with E-state index in [0.717, 1.165) is 39.0 Å². The molecule has 10 heteroatoms. The molecule has 2 saturated heterocycles. The number of piperazine rings is 1. The summed E-state index contributed by atoms with van der Waals surface area (Å²) in [5.74, 6) is 0.0437. The average molecular weight is 351 g/mol. The fourth-order valence-electron chi connectivity index (χ4n) is 3.46. The van der Waals surface area contributed by atoms with E-state index in [0.29, 0.717) is 25.7 Å². The Morgan fingerprint density at radius 1 is 1.16 bits per heavy atom. The lowest BCUT2D eigenvalue weighted by atomic mass is 10.0. The van der Waals surface area contributed by atoms with Crippen LogP contribution in [0.15, 0.2) is 6.33 Å². The van der Waals surface area contributed by atoms with Crippen molar-refractivity contribution in [1.82, 2.24) is 34.9 Å². The molecule has 3 rings (SSSR count). The predicted octanol–water partition coefficient (Wildman–Crippen LogP) is -0.562. The van der Waals surface area contributed by atoms with Crippen LogP contribution in [0.4, 0.5) is 4.79 Å². The van der Waals surface area contributed by atoms with Crippen molar-refractivity contribution in [2.45, 2.75) is 32.4 Å². The number of hydrogen-bond donors (Lipinski definition) is 0. The lowest BCUT2D eigenvalue weighted by molar-refractivity contribution is -0.134. The smallest absolute Gasteiger partial charge is 0.409 e. The van der Waals surface area contributed by atoms with Crippen molar-refractivity contribution in [3.8, 4) is 0 Å². The van der Waals surface area contributed by atoms with E-state index in [1.54, 1.807) is 4.90 Å². The highest BCUT2D eigenvalue weighted by Gasteiger charge is 2.31. The van der Waals surface area contributed by atoms with Crippen LogP contribution in [-0.2, 0) is 16.1 Å². The molecule has 10 nitrogen and oxygen atoms in total. The number of rotatable bonds is 4. The van der Waals surface area contributed by atoms with Crippen molar-refractivity contribution in [3.63, 3.8) is 0 Å². The van der Waals surface area contributed by atoms with E-state index in [9.17, 15) is 9.59 Å². The Bertz CT molecular complexity index is 572. The highest BCUT2D eigenvalue weighted by molar-refractivity contribution is 5.76. The zero-order valence-corrected chi connectivity index (χ0v) is 14.6. The summed E-state index contributed by atoms with van der Waals surface area (Å²) in [4.78, 5) is 30.2. The predicted molar refractivity (Wildman–Crippen MR) is 87.6 cm³/mol. The van der Waals surface area contributed by atoms with Gasteiger partial charge in [0.25, 0.3) is 0 Å². The number of amides is 2. The first kappa shape index (κ1) is 17.6. The van der Waals surface area contributed by atoms with Crippen LogP contribution >= 0.6 is 0 Å². The highest BCUT2D eigenvalue weighted by Crippen LogP contribution is 2.18. The number of carbonyl (C=O) groups excluding carboxylic acids is 2. The molecule has 1 atom stereocenters. The van der Waals surface area contributed by atoms with E-state index >= 15 is 0 Å². The Morgan fingerprint density at radius 3 is 2.64 bits per heavy atom. The van der Waals surface area contributed by atoms with Gasteiger partial charge < -0.3 is 14.5 Å². The fraction of sp³-hybridized carbons (Fsp3) is 0.800. The van der Waals surface area contributed by atoms with Gasteiger partial charge in [-0.15, -0.1) is 5.10 Å². The first-order chi connectivity index (χ1) is 12.2. The van der Waals surface area contributed by atoms with Gasteiger partial charge in [0, 0.05) is 45.3 Å². The minimum absolute atomic E-state index is 0.0437. The van der Waals surface area contributed by atoms with Crippen molar-refractivity contribution >= 4 is 12.0 Å². The average Bonchev–Trinajstić information content (AvgIpc) is 3.15. The van der Waals surface area contributed by atoms with Gasteiger partial charge in [-0.3, -0.25) is 9.69 Å². The zero-order chi connectivity index (χ0) is 17.6. The molecule has 2 aliphatic heterocycles. The number of aromatic nitrogens is 4. The van der Waals surface area contributed by atoms with Crippen molar-refractivity contribution in [2.75, 3.05) is 45.9 Å². The summed E-state index contributed by atoms with van der Waals surface area (Å²) in [6, 6.07) is 0.343. The molecule has 2 amide bonds. The lowest BCUT2D eigenvalue weighted by Gasteiger charge is -2.43. The van der Waals surface area contributed by atoms with E-state index in [2.05, 4.69) is 20.4 Å². The fourth-order valence-corrected chi connectivity index (χ4v) is 3.46. The standard InChI is InChI=1S/C15H25N7O3/c1-2-25-15(24)20-8-6-19(7-9-20)13-4-3-5-21(10-13)14(23)11-22-12-16-17-18-22/h12-13H,2-11H2,1H3. The Hall–Kier alpha value is -2.23. The SMILES string of the molecule is CCOC(=O)N1CCN(C2CCCN(C(=O)Cn3cnnn3)C2)CC1.